The predicted octanol–water partition coefficient (Wildman–Crippen LogP) is 2.26. The number of benzene rings is 1. The van der Waals surface area contributed by atoms with Crippen molar-refractivity contribution >= 4 is 11.8 Å². The third-order valence-electron chi connectivity index (χ3n) is 3.94. The lowest BCUT2D eigenvalue weighted by Crippen LogP contribution is -2.51. The average Bonchev–Trinajstić information content (AvgIpc) is 2.82. The fourth-order valence-electron chi connectivity index (χ4n) is 2.43. The number of rotatable bonds is 4. The van der Waals surface area contributed by atoms with Crippen LogP contribution in [0.3, 0.4) is 0 Å². The molecule has 3 heteroatoms. The van der Waals surface area contributed by atoms with Crippen LogP contribution in [0, 0.1) is 6.92 Å². The van der Waals surface area contributed by atoms with Crippen molar-refractivity contribution in [3.05, 3.63) is 35.4 Å². The van der Waals surface area contributed by atoms with E-state index >= 15 is 0 Å². The van der Waals surface area contributed by atoms with Gasteiger partial charge in [0.1, 0.15) is 0 Å². The van der Waals surface area contributed by atoms with Crippen LogP contribution in [0.1, 0.15) is 17.5 Å². The molecule has 0 amide bonds. The maximum Gasteiger partial charge on any atom is 0.0430 e. The maximum atomic E-state index is 6.01. The molecule has 1 aromatic rings. The van der Waals surface area contributed by atoms with Crippen molar-refractivity contribution in [1.29, 1.82) is 0 Å². The van der Waals surface area contributed by atoms with Gasteiger partial charge in [-0.1, -0.05) is 24.3 Å². The van der Waals surface area contributed by atoms with Crippen LogP contribution < -0.4 is 5.73 Å². The summed E-state index contributed by atoms with van der Waals surface area (Å²) in [7, 11) is 2.21. The van der Waals surface area contributed by atoms with E-state index in [2.05, 4.69) is 43.1 Å². The minimum absolute atomic E-state index is 0.215. The third-order valence-corrected chi connectivity index (χ3v) is 5.18. The Kier molecular flexibility index (Phi) is 4.13. The molecule has 0 aromatic heterocycles. The standard InChI is InChI=1S/C14H22N2S/c1-12-5-3-4-6-13(12)9-16(2)14(10-15)7-8-17-11-14/h3-6H,7-11,15H2,1-2H3. The van der Waals surface area contributed by atoms with Crippen molar-refractivity contribution in [2.45, 2.75) is 25.4 Å². The molecule has 1 fully saturated rings. The monoisotopic (exact) mass is 250 g/mol. The molecular weight excluding hydrogens is 228 g/mol. The molecule has 1 aliphatic rings. The van der Waals surface area contributed by atoms with Gasteiger partial charge >= 0.3 is 0 Å². The van der Waals surface area contributed by atoms with Crippen LogP contribution in [0.4, 0.5) is 0 Å². The molecule has 0 radical (unpaired) electrons. The Balaban J connectivity index is 2.10. The van der Waals surface area contributed by atoms with Gasteiger partial charge in [0.2, 0.25) is 0 Å². The van der Waals surface area contributed by atoms with E-state index in [1.165, 1.54) is 29.1 Å². The Bertz CT molecular complexity index is 372. The summed E-state index contributed by atoms with van der Waals surface area (Å²) in [4.78, 5) is 2.45. The number of aryl methyl sites for hydroxylation is 1. The normalized spacial score (nSPS) is 24.5. The van der Waals surface area contributed by atoms with Crippen molar-refractivity contribution in [2.75, 3.05) is 25.1 Å². The second-order valence-electron chi connectivity index (χ2n) is 5.01. The highest BCUT2D eigenvalue weighted by Crippen LogP contribution is 2.32. The van der Waals surface area contributed by atoms with Crippen LogP contribution in [0.2, 0.25) is 0 Å². The summed E-state index contributed by atoms with van der Waals surface area (Å²) in [6, 6.07) is 8.62. The Morgan fingerprint density at radius 2 is 2.18 bits per heavy atom. The van der Waals surface area contributed by atoms with Gasteiger partial charge < -0.3 is 5.73 Å². The molecule has 2 rings (SSSR count). The summed E-state index contributed by atoms with van der Waals surface area (Å²) < 4.78 is 0. The van der Waals surface area contributed by atoms with Gasteiger partial charge in [0, 0.05) is 24.4 Å². The lowest BCUT2D eigenvalue weighted by molar-refractivity contribution is 0.143. The molecular formula is C14H22N2S. The van der Waals surface area contributed by atoms with Gasteiger partial charge in [-0.25, -0.2) is 0 Å². The van der Waals surface area contributed by atoms with Crippen molar-refractivity contribution < 1.29 is 0 Å². The first kappa shape index (κ1) is 12.9. The quantitative estimate of drug-likeness (QED) is 0.889. The van der Waals surface area contributed by atoms with Gasteiger partial charge in [0.25, 0.3) is 0 Å². The van der Waals surface area contributed by atoms with E-state index in [-0.39, 0.29) is 5.54 Å². The first-order valence-corrected chi connectivity index (χ1v) is 7.37. The second-order valence-corrected chi connectivity index (χ2v) is 6.12. The largest absolute Gasteiger partial charge is 0.329 e. The van der Waals surface area contributed by atoms with Crippen LogP contribution in [-0.2, 0) is 6.54 Å². The van der Waals surface area contributed by atoms with E-state index < -0.39 is 0 Å². The minimum atomic E-state index is 0.215. The number of nitrogens with two attached hydrogens (primary N) is 1. The Labute approximate surface area is 109 Å². The maximum absolute atomic E-state index is 6.01. The van der Waals surface area contributed by atoms with Crippen LogP contribution in [0.15, 0.2) is 24.3 Å². The molecule has 1 heterocycles. The number of thioether (sulfide) groups is 1. The third kappa shape index (κ3) is 2.67. The topological polar surface area (TPSA) is 29.3 Å². The van der Waals surface area contributed by atoms with E-state index in [1.54, 1.807) is 0 Å². The molecule has 1 unspecified atom stereocenters. The molecule has 17 heavy (non-hydrogen) atoms. The number of likely N-dealkylation sites (N-methyl/N-ethyl adjacent to an activating group) is 1. The van der Waals surface area contributed by atoms with E-state index in [0.29, 0.717) is 0 Å². The number of hydrogen-bond donors (Lipinski definition) is 1. The van der Waals surface area contributed by atoms with Gasteiger partial charge in [-0.15, -0.1) is 0 Å². The lowest BCUT2D eigenvalue weighted by atomic mass is 9.96. The van der Waals surface area contributed by atoms with E-state index in [9.17, 15) is 0 Å². The van der Waals surface area contributed by atoms with Crippen LogP contribution in [0.5, 0.6) is 0 Å². The van der Waals surface area contributed by atoms with Gasteiger partial charge in [-0.3, -0.25) is 4.90 Å². The summed E-state index contributed by atoms with van der Waals surface area (Å²) in [5.74, 6) is 2.42. The molecule has 1 saturated heterocycles. The summed E-state index contributed by atoms with van der Waals surface area (Å²) in [5.41, 5.74) is 9.01. The molecule has 2 N–H and O–H groups in total. The van der Waals surface area contributed by atoms with Gasteiger partial charge in [0.05, 0.1) is 0 Å². The van der Waals surface area contributed by atoms with Gasteiger partial charge in [0.15, 0.2) is 0 Å². The molecule has 2 nitrogen and oxygen atoms in total. The second kappa shape index (κ2) is 5.42. The van der Waals surface area contributed by atoms with Crippen molar-refractivity contribution in [3.8, 4) is 0 Å². The molecule has 0 aliphatic carbocycles. The highest BCUT2D eigenvalue weighted by atomic mass is 32.2. The van der Waals surface area contributed by atoms with Crippen LogP contribution in [-0.4, -0.2) is 35.5 Å². The zero-order valence-corrected chi connectivity index (χ0v) is 11.6. The summed E-state index contributed by atoms with van der Waals surface area (Å²) in [6.07, 6.45) is 1.22. The number of nitrogens with zero attached hydrogens (tertiary/aromatic N) is 1. The first-order chi connectivity index (χ1) is 8.18. The predicted molar refractivity (Wildman–Crippen MR) is 76.4 cm³/mol. The van der Waals surface area contributed by atoms with Crippen molar-refractivity contribution in [3.63, 3.8) is 0 Å². The zero-order valence-electron chi connectivity index (χ0n) is 10.8. The minimum Gasteiger partial charge on any atom is -0.329 e. The molecule has 0 saturated carbocycles. The fraction of sp³-hybridized carbons (Fsp3) is 0.571. The molecule has 1 atom stereocenters. The van der Waals surface area contributed by atoms with Crippen LogP contribution in [0.25, 0.3) is 0 Å². The fourth-order valence-corrected chi connectivity index (χ4v) is 3.96. The smallest absolute Gasteiger partial charge is 0.0430 e. The zero-order chi connectivity index (χ0) is 12.3. The first-order valence-electron chi connectivity index (χ1n) is 6.21. The molecule has 0 bridgehead atoms. The highest BCUT2D eigenvalue weighted by molar-refractivity contribution is 7.99. The van der Waals surface area contributed by atoms with Gasteiger partial charge in [-0.2, -0.15) is 11.8 Å². The molecule has 1 aromatic carbocycles. The molecule has 94 valence electrons. The molecule has 0 spiro atoms. The Morgan fingerprint density at radius 1 is 1.41 bits per heavy atom. The van der Waals surface area contributed by atoms with Crippen molar-refractivity contribution in [2.24, 2.45) is 5.73 Å². The SMILES string of the molecule is Cc1ccccc1CN(C)C1(CN)CCSC1. The Hall–Kier alpha value is -0.510. The lowest BCUT2D eigenvalue weighted by Gasteiger charge is -2.37. The Morgan fingerprint density at radius 3 is 2.76 bits per heavy atom. The molecule has 1 aliphatic heterocycles. The van der Waals surface area contributed by atoms with Gasteiger partial charge in [-0.05, 0) is 37.3 Å². The van der Waals surface area contributed by atoms with E-state index in [0.717, 1.165) is 13.1 Å². The summed E-state index contributed by atoms with van der Waals surface area (Å²) in [6.45, 7) is 3.95. The van der Waals surface area contributed by atoms with Crippen LogP contribution >= 0.6 is 11.8 Å². The summed E-state index contributed by atoms with van der Waals surface area (Å²) >= 11 is 2.03. The van der Waals surface area contributed by atoms with Crippen molar-refractivity contribution in [1.82, 2.24) is 4.90 Å². The highest BCUT2D eigenvalue weighted by Gasteiger charge is 2.36. The van der Waals surface area contributed by atoms with E-state index in [4.69, 9.17) is 5.73 Å². The number of hydrogen-bond acceptors (Lipinski definition) is 3. The summed E-state index contributed by atoms with van der Waals surface area (Å²) in [5, 5.41) is 0. The average molecular weight is 250 g/mol. The van der Waals surface area contributed by atoms with E-state index in [1.807, 2.05) is 11.8 Å².